The number of para-hydroxylation sites is 1. The molecule has 9 rings (SSSR count). The van der Waals surface area contributed by atoms with Crippen LogP contribution in [0.3, 0.4) is 0 Å². The van der Waals surface area contributed by atoms with Gasteiger partial charge in [0.2, 0.25) is 0 Å². The molecule has 0 aliphatic rings. The van der Waals surface area contributed by atoms with Crippen LogP contribution in [0, 0.1) is 0 Å². The van der Waals surface area contributed by atoms with Crippen LogP contribution in [-0.4, -0.2) is 11.5 Å². The molecule has 0 fully saturated rings. The molecule has 2 heterocycles. The van der Waals surface area contributed by atoms with Crippen LogP contribution < -0.4 is 5.84 Å². The summed E-state index contributed by atoms with van der Waals surface area (Å²) in [4.78, 5) is 5.23. The monoisotopic (exact) mass is 631 g/mol. The fraction of sp³-hybridized carbons (Fsp3) is 0. The Hall–Kier alpha value is -6.72. The van der Waals surface area contributed by atoms with Crippen molar-refractivity contribution in [3.8, 4) is 22.3 Å². The van der Waals surface area contributed by atoms with Gasteiger partial charge in [-0.25, -0.2) is 4.99 Å². The van der Waals surface area contributed by atoms with E-state index in [0.717, 1.165) is 83.0 Å². The molecule has 0 spiro atoms. The van der Waals surface area contributed by atoms with E-state index in [2.05, 4.69) is 84.0 Å². The van der Waals surface area contributed by atoms with Gasteiger partial charge >= 0.3 is 0 Å². The minimum absolute atomic E-state index is 0.401. The largest absolute Gasteiger partial charge is 0.456 e. The molecule has 0 atom stereocenters. The summed E-state index contributed by atoms with van der Waals surface area (Å²) in [6, 6.07) is 55.5. The lowest BCUT2D eigenvalue weighted by Crippen LogP contribution is -2.10. The molecule has 0 radical (unpaired) electrons. The van der Waals surface area contributed by atoms with Gasteiger partial charge in [-0.1, -0.05) is 127 Å². The summed E-state index contributed by atoms with van der Waals surface area (Å²) in [5.74, 6) is 6.62. The van der Waals surface area contributed by atoms with Crippen molar-refractivity contribution in [3.63, 3.8) is 0 Å². The van der Waals surface area contributed by atoms with E-state index in [1.165, 1.54) is 5.56 Å². The number of nitrogens with two attached hydrogens (primary N) is 1. The zero-order valence-corrected chi connectivity index (χ0v) is 26.4. The number of hydrogen-bond acceptors (Lipinski definition) is 4. The number of rotatable bonds is 5. The molecular weight excluding hydrogens is 603 g/mol. The van der Waals surface area contributed by atoms with Gasteiger partial charge in [0.15, 0.2) is 5.84 Å². The van der Waals surface area contributed by atoms with E-state index in [4.69, 9.17) is 19.7 Å². The maximum atomic E-state index is 6.44. The Morgan fingerprint density at radius 2 is 1.06 bits per heavy atom. The molecule has 7 aromatic carbocycles. The number of hydrazone groups is 1. The van der Waals surface area contributed by atoms with Gasteiger partial charge in [-0.3, -0.25) is 0 Å². The van der Waals surface area contributed by atoms with Crippen LogP contribution in [0.1, 0.15) is 16.7 Å². The number of hydrogen-bond donors (Lipinski definition) is 1. The number of nitrogens with zero attached hydrogens (tertiary/aromatic N) is 2. The molecule has 0 saturated carbocycles. The lowest BCUT2D eigenvalue weighted by atomic mass is 9.95. The van der Waals surface area contributed by atoms with Crippen LogP contribution in [0.5, 0.6) is 0 Å². The van der Waals surface area contributed by atoms with Crippen molar-refractivity contribution in [3.05, 3.63) is 180 Å². The molecule has 2 N–H and O–H groups in total. The highest BCUT2D eigenvalue weighted by molar-refractivity contribution is 6.26. The highest BCUT2D eigenvalue weighted by Crippen LogP contribution is 2.39. The lowest BCUT2D eigenvalue weighted by Gasteiger charge is -2.11. The van der Waals surface area contributed by atoms with E-state index < -0.39 is 0 Å². The van der Waals surface area contributed by atoms with Crippen LogP contribution in [0.2, 0.25) is 0 Å². The van der Waals surface area contributed by atoms with Gasteiger partial charge in [-0.15, -0.1) is 0 Å². The summed E-state index contributed by atoms with van der Waals surface area (Å²) >= 11 is 0. The quantitative estimate of drug-likeness (QED) is 0.0888. The van der Waals surface area contributed by atoms with Gasteiger partial charge in [0.25, 0.3) is 0 Å². The van der Waals surface area contributed by atoms with Crippen LogP contribution in [0.25, 0.3) is 66.1 Å². The molecule has 5 heteroatoms. The average molecular weight is 632 g/mol. The third kappa shape index (κ3) is 4.96. The Morgan fingerprint density at radius 1 is 0.449 bits per heavy atom. The molecule has 9 aromatic rings. The van der Waals surface area contributed by atoms with E-state index in [0.29, 0.717) is 5.84 Å². The Bertz CT molecular complexity index is 2700. The maximum Gasteiger partial charge on any atom is 0.180 e. The second kappa shape index (κ2) is 11.8. The maximum absolute atomic E-state index is 6.44. The Kier molecular flexibility index (Phi) is 6.87. The smallest absolute Gasteiger partial charge is 0.180 e. The SMILES string of the molecule is N/N=C(\N=C(\c1ccccc1)c1ccc2oc3ccccc3c2c1)c1cccc2oc3cccc(-c4ccc(-c5ccccc5)cc4)c3c12. The summed E-state index contributed by atoms with van der Waals surface area (Å²) < 4.78 is 12.6. The van der Waals surface area contributed by atoms with Crippen molar-refractivity contribution in [2.24, 2.45) is 15.9 Å². The van der Waals surface area contributed by atoms with Crippen LogP contribution >= 0.6 is 0 Å². The Morgan fingerprint density at radius 3 is 1.86 bits per heavy atom. The predicted molar refractivity (Wildman–Crippen MR) is 201 cm³/mol. The first-order chi connectivity index (χ1) is 24.2. The molecule has 0 bridgehead atoms. The van der Waals surface area contributed by atoms with Gasteiger partial charge < -0.3 is 14.7 Å². The van der Waals surface area contributed by atoms with Gasteiger partial charge in [-0.05, 0) is 58.7 Å². The van der Waals surface area contributed by atoms with Crippen molar-refractivity contribution in [2.75, 3.05) is 0 Å². The number of furan rings is 2. The molecule has 0 aliphatic heterocycles. The first-order valence-electron chi connectivity index (χ1n) is 16.2. The van der Waals surface area contributed by atoms with Crippen molar-refractivity contribution in [1.29, 1.82) is 0 Å². The summed E-state index contributed by atoms with van der Waals surface area (Å²) in [7, 11) is 0. The zero-order valence-electron chi connectivity index (χ0n) is 26.4. The summed E-state index contributed by atoms with van der Waals surface area (Å²) in [6.07, 6.45) is 0. The van der Waals surface area contributed by atoms with Gasteiger partial charge in [0.05, 0.1) is 5.71 Å². The van der Waals surface area contributed by atoms with Crippen molar-refractivity contribution < 1.29 is 8.83 Å². The lowest BCUT2D eigenvalue weighted by molar-refractivity contribution is 0.668. The first-order valence-corrected chi connectivity index (χ1v) is 16.2. The first kappa shape index (κ1) is 28.5. The zero-order chi connectivity index (χ0) is 32.7. The number of fused-ring (bicyclic) bond motifs is 6. The van der Waals surface area contributed by atoms with Crippen molar-refractivity contribution in [2.45, 2.75) is 0 Å². The van der Waals surface area contributed by atoms with E-state index in [1.807, 2.05) is 84.9 Å². The summed E-state index contributed by atoms with van der Waals surface area (Å²) in [6.45, 7) is 0. The molecule has 0 aliphatic carbocycles. The van der Waals surface area contributed by atoms with Crippen LogP contribution in [0.4, 0.5) is 0 Å². The van der Waals surface area contributed by atoms with E-state index in [9.17, 15) is 0 Å². The predicted octanol–water partition coefficient (Wildman–Crippen LogP) is 11.0. The fourth-order valence-corrected chi connectivity index (χ4v) is 6.80. The second-order valence-electron chi connectivity index (χ2n) is 12.0. The van der Waals surface area contributed by atoms with Gasteiger partial charge in [0, 0.05) is 38.2 Å². The van der Waals surface area contributed by atoms with Crippen LogP contribution in [-0.2, 0) is 0 Å². The van der Waals surface area contributed by atoms with E-state index in [-0.39, 0.29) is 0 Å². The number of aliphatic imine (C=N–C) groups is 1. The second-order valence-corrected chi connectivity index (χ2v) is 12.0. The molecule has 5 nitrogen and oxygen atoms in total. The molecule has 232 valence electrons. The van der Waals surface area contributed by atoms with Gasteiger partial charge in [-0.2, -0.15) is 5.10 Å². The molecule has 2 aromatic heterocycles. The number of benzene rings is 7. The highest BCUT2D eigenvalue weighted by Gasteiger charge is 2.20. The molecule has 0 unspecified atom stereocenters. The molecule has 49 heavy (non-hydrogen) atoms. The van der Waals surface area contributed by atoms with Crippen LogP contribution in [0.15, 0.2) is 183 Å². The molecule has 0 saturated heterocycles. The molecule has 0 amide bonds. The standard InChI is InChI=1S/C44H29N3O2/c45-47-44(46-43(31-13-5-2-6-14-31)32-25-26-38-36(27-32)34-15-7-8-18-37(34)48-38)35-17-10-20-40-42(35)41-33(16-9-19-39(41)49-40)30-23-21-29(22-24-30)28-11-3-1-4-12-28/h1-27H,45H2/b46-43-,47-44-. The normalized spacial score (nSPS) is 12.4. The minimum Gasteiger partial charge on any atom is -0.456 e. The average Bonchev–Trinajstić information content (AvgIpc) is 3.74. The van der Waals surface area contributed by atoms with E-state index in [1.54, 1.807) is 0 Å². The number of amidine groups is 1. The molecular formula is C44H29N3O2. The third-order valence-corrected chi connectivity index (χ3v) is 9.10. The topological polar surface area (TPSA) is 77.0 Å². The summed E-state index contributed by atoms with van der Waals surface area (Å²) in [5.41, 5.74) is 11.1. The van der Waals surface area contributed by atoms with Crippen molar-refractivity contribution >= 4 is 55.4 Å². The highest BCUT2D eigenvalue weighted by atomic mass is 16.3. The third-order valence-electron chi connectivity index (χ3n) is 9.10. The minimum atomic E-state index is 0.401. The van der Waals surface area contributed by atoms with E-state index >= 15 is 0 Å². The van der Waals surface area contributed by atoms with Crippen molar-refractivity contribution in [1.82, 2.24) is 0 Å². The van der Waals surface area contributed by atoms with Gasteiger partial charge in [0.1, 0.15) is 22.3 Å². The fourth-order valence-electron chi connectivity index (χ4n) is 6.80. The summed E-state index contributed by atoms with van der Waals surface area (Å²) in [5, 5.41) is 8.28. The Labute approximate surface area is 282 Å². The Balaban J connectivity index is 1.22.